The van der Waals surface area contributed by atoms with E-state index in [1.807, 2.05) is 51.1 Å². The Morgan fingerprint density at radius 1 is 1.14 bits per heavy atom. The molecule has 112 valence electrons. The number of fused-ring (bicyclic) bond motifs is 1. The van der Waals surface area contributed by atoms with Gasteiger partial charge in [-0.25, -0.2) is 0 Å². The van der Waals surface area contributed by atoms with Crippen molar-refractivity contribution in [2.45, 2.75) is 27.2 Å². The highest BCUT2D eigenvalue weighted by atomic mass is 16.5. The van der Waals surface area contributed by atoms with E-state index in [1.54, 1.807) is 0 Å². The lowest BCUT2D eigenvalue weighted by atomic mass is 10.0. The number of amides is 1. The first-order chi connectivity index (χ1) is 10.5. The summed E-state index contributed by atoms with van der Waals surface area (Å²) in [4.78, 5) is 12.3. The molecule has 0 saturated heterocycles. The van der Waals surface area contributed by atoms with Crippen LogP contribution in [0.1, 0.15) is 22.4 Å². The number of nitrogens with one attached hydrogen (secondary N) is 1. The van der Waals surface area contributed by atoms with Crippen molar-refractivity contribution in [1.29, 1.82) is 0 Å². The van der Waals surface area contributed by atoms with E-state index in [4.69, 9.17) is 4.52 Å². The van der Waals surface area contributed by atoms with E-state index in [0.29, 0.717) is 5.69 Å². The Labute approximate surface area is 129 Å². The van der Waals surface area contributed by atoms with Gasteiger partial charge >= 0.3 is 0 Å². The van der Waals surface area contributed by atoms with Crippen LogP contribution in [0.3, 0.4) is 0 Å². The molecular weight excluding hydrogens is 276 g/mol. The SMILES string of the molecule is Cc1cc(C)c2c(CC(=O)Nc3ccccc3C)noc2c1. The van der Waals surface area contributed by atoms with E-state index in [2.05, 4.69) is 16.5 Å². The number of hydrogen-bond acceptors (Lipinski definition) is 3. The van der Waals surface area contributed by atoms with E-state index in [9.17, 15) is 4.79 Å². The minimum Gasteiger partial charge on any atom is -0.356 e. The highest BCUT2D eigenvalue weighted by Crippen LogP contribution is 2.24. The van der Waals surface area contributed by atoms with Gasteiger partial charge < -0.3 is 9.84 Å². The minimum absolute atomic E-state index is 0.0931. The van der Waals surface area contributed by atoms with Gasteiger partial charge in [-0.1, -0.05) is 29.4 Å². The Balaban J connectivity index is 1.84. The molecule has 3 rings (SSSR count). The van der Waals surface area contributed by atoms with Crippen molar-refractivity contribution >= 4 is 22.6 Å². The van der Waals surface area contributed by atoms with E-state index in [1.165, 1.54) is 0 Å². The van der Waals surface area contributed by atoms with Crippen molar-refractivity contribution in [3.8, 4) is 0 Å². The van der Waals surface area contributed by atoms with Gasteiger partial charge in [0.15, 0.2) is 5.58 Å². The Bertz CT molecular complexity index is 849. The molecule has 0 aliphatic carbocycles. The van der Waals surface area contributed by atoms with Gasteiger partial charge in [0.2, 0.25) is 5.91 Å². The third-order valence-electron chi connectivity index (χ3n) is 3.73. The number of anilines is 1. The van der Waals surface area contributed by atoms with Gasteiger partial charge in [0.25, 0.3) is 0 Å². The van der Waals surface area contributed by atoms with Gasteiger partial charge in [-0.3, -0.25) is 4.79 Å². The van der Waals surface area contributed by atoms with Crippen LogP contribution in [0.2, 0.25) is 0 Å². The summed E-state index contributed by atoms with van der Waals surface area (Å²) in [5.41, 5.74) is 5.47. The zero-order valence-corrected chi connectivity index (χ0v) is 12.9. The van der Waals surface area contributed by atoms with Crippen molar-refractivity contribution in [2.24, 2.45) is 0 Å². The third kappa shape index (κ3) is 2.72. The molecule has 0 aliphatic heterocycles. The fraction of sp³-hybridized carbons (Fsp3) is 0.222. The summed E-state index contributed by atoms with van der Waals surface area (Å²) in [5.74, 6) is -0.0931. The Kier molecular flexibility index (Phi) is 3.67. The van der Waals surface area contributed by atoms with Crippen molar-refractivity contribution in [2.75, 3.05) is 5.32 Å². The molecule has 2 aromatic carbocycles. The quantitative estimate of drug-likeness (QED) is 0.796. The Morgan fingerprint density at radius 2 is 1.91 bits per heavy atom. The van der Waals surface area contributed by atoms with Gasteiger partial charge in [-0.2, -0.15) is 0 Å². The molecule has 4 nitrogen and oxygen atoms in total. The number of nitrogens with zero attached hydrogens (tertiary/aromatic N) is 1. The zero-order chi connectivity index (χ0) is 15.7. The number of rotatable bonds is 3. The van der Waals surface area contributed by atoms with Crippen LogP contribution in [0.5, 0.6) is 0 Å². The maximum absolute atomic E-state index is 12.3. The summed E-state index contributed by atoms with van der Waals surface area (Å²) >= 11 is 0. The monoisotopic (exact) mass is 294 g/mol. The Hall–Kier alpha value is -2.62. The van der Waals surface area contributed by atoms with Crippen LogP contribution in [-0.4, -0.2) is 11.1 Å². The number of hydrogen-bond donors (Lipinski definition) is 1. The average molecular weight is 294 g/mol. The van der Waals surface area contributed by atoms with Crippen LogP contribution in [0.15, 0.2) is 40.9 Å². The largest absolute Gasteiger partial charge is 0.356 e. The molecule has 1 amide bonds. The molecule has 3 aromatic rings. The number of carbonyl (C=O) groups is 1. The van der Waals surface area contributed by atoms with Gasteiger partial charge in [0.05, 0.1) is 6.42 Å². The Morgan fingerprint density at radius 3 is 2.68 bits per heavy atom. The van der Waals surface area contributed by atoms with Crippen LogP contribution in [0.4, 0.5) is 5.69 Å². The fourth-order valence-electron chi connectivity index (χ4n) is 2.70. The number of aromatic nitrogens is 1. The summed E-state index contributed by atoms with van der Waals surface area (Å²) in [5, 5.41) is 7.92. The highest BCUT2D eigenvalue weighted by molar-refractivity contribution is 5.95. The topological polar surface area (TPSA) is 55.1 Å². The average Bonchev–Trinajstić information content (AvgIpc) is 2.84. The minimum atomic E-state index is -0.0931. The first-order valence-electron chi connectivity index (χ1n) is 7.25. The van der Waals surface area contributed by atoms with Crippen LogP contribution in [0, 0.1) is 20.8 Å². The number of carbonyl (C=O) groups excluding carboxylic acids is 1. The molecule has 0 bridgehead atoms. The second-order valence-electron chi connectivity index (χ2n) is 5.62. The van der Waals surface area contributed by atoms with E-state index >= 15 is 0 Å². The summed E-state index contributed by atoms with van der Waals surface area (Å²) < 4.78 is 5.36. The lowest BCUT2D eigenvalue weighted by Crippen LogP contribution is -2.15. The predicted octanol–water partition coefficient (Wildman–Crippen LogP) is 3.93. The molecule has 1 N–H and O–H groups in total. The van der Waals surface area contributed by atoms with Crippen LogP contribution < -0.4 is 5.32 Å². The summed E-state index contributed by atoms with van der Waals surface area (Å²) in [6, 6.07) is 11.7. The van der Waals surface area contributed by atoms with Crippen LogP contribution >= 0.6 is 0 Å². The molecular formula is C18H18N2O2. The molecule has 0 aliphatic rings. The normalized spacial score (nSPS) is 10.9. The predicted molar refractivity (Wildman–Crippen MR) is 87.0 cm³/mol. The standard InChI is InChI=1S/C18H18N2O2/c1-11-8-13(3)18-15(20-22-16(18)9-11)10-17(21)19-14-7-5-4-6-12(14)2/h4-9H,10H2,1-3H3,(H,19,21). The molecule has 22 heavy (non-hydrogen) atoms. The van der Waals surface area contributed by atoms with Gasteiger partial charge in [-0.05, 0) is 49.6 Å². The maximum atomic E-state index is 12.3. The van der Waals surface area contributed by atoms with Gasteiger partial charge in [-0.15, -0.1) is 0 Å². The van der Waals surface area contributed by atoms with Crippen LogP contribution in [0.25, 0.3) is 11.0 Å². The highest BCUT2D eigenvalue weighted by Gasteiger charge is 2.15. The lowest BCUT2D eigenvalue weighted by molar-refractivity contribution is -0.115. The van der Waals surface area contributed by atoms with Crippen molar-refractivity contribution in [1.82, 2.24) is 5.16 Å². The van der Waals surface area contributed by atoms with E-state index in [-0.39, 0.29) is 12.3 Å². The van der Waals surface area contributed by atoms with Crippen molar-refractivity contribution < 1.29 is 9.32 Å². The van der Waals surface area contributed by atoms with Crippen LogP contribution in [-0.2, 0) is 11.2 Å². The fourth-order valence-corrected chi connectivity index (χ4v) is 2.70. The number of aryl methyl sites for hydroxylation is 3. The molecule has 1 aromatic heterocycles. The molecule has 4 heteroatoms. The molecule has 0 spiro atoms. The van der Waals surface area contributed by atoms with Gasteiger partial charge in [0, 0.05) is 11.1 Å². The zero-order valence-electron chi connectivity index (χ0n) is 12.9. The summed E-state index contributed by atoms with van der Waals surface area (Å²) in [6.07, 6.45) is 0.200. The first-order valence-corrected chi connectivity index (χ1v) is 7.25. The molecule has 0 radical (unpaired) electrons. The third-order valence-corrected chi connectivity index (χ3v) is 3.73. The maximum Gasteiger partial charge on any atom is 0.230 e. The molecule has 0 fully saturated rings. The van der Waals surface area contributed by atoms with Crippen molar-refractivity contribution in [3.63, 3.8) is 0 Å². The molecule has 1 heterocycles. The first kappa shape index (κ1) is 14.3. The molecule has 0 saturated carbocycles. The second kappa shape index (κ2) is 5.64. The van der Waals surface area contributed by atoms with Crippen molar-refractivity contribution in [3.05, 3.63) is 58.8 Å². The van der Waals surface area contributed by atoms with E-state index < -0.39 is 0 Å². The van der Waals surface area contributed by atoms with Gasteiger partial charge in [0.1, 0.15) is 5.69 Å². The second-order valence-corrected chi connectivity index (χ2v) is 5.62. The smallest absolute Gasteiger partial charge is 0.230 e. The summed E-state index contributed by atoms with van der Waals surface area (Å²) in [7, 11) is 0. The van der Waals surface area contributed by atoms with E-state index in [0.717, 1.165) is 33.3 Å². The molecule has 0 unspecified atom stereocenters. The summed E-state index contributed by atoms with van der Waals surface area (Å²) in [6.45, 7) is 5.99. The molecule has 0 atom stereocenters. The number of para-hydroxylation sites is 1. The number of benzene rings is 2. The lowest BCUT2D eigenvalue weighted by Gasteiger charge is -2.07.